The van der Waals surface area contributed by atoms with E-state index in [1.807, 2.05) is 54.6 Å². The van der Waals surface area contributed by atoms with Crippen molar-refractivity contribution >= 4 is 39.4 Å². The first-order valence-electron chi connectivity index (χ1n) is 6.30. The maximum Gasteiger partial charge on any atom is 0.192 e. The van der Waals surface area contributed by atoms with Gasteiger partial charge in [-0.05, 0) is 30.2 Å². The largest absolute Gasteiger partial charge is 0.275 e. The summed E-state index contributed by atoms with van der Waals surface area (Å²) in [5, 5.41) is 0.364. The molecule has 0 aliphatic rings. The minimum Gasteiger partial charge on any atom is -0.275 e. The van der Waals surface area contributed by atoms with Crippen LogP contribution in [0.15, 0.2) is 60.1 Å². The molecule has 0 aliphatic heterocycles. The van der Waals surface area contributed by atoms with Crippen LogP contribution >= 0.6 is 23.2 Å². The average Bonchev–Trinajstić information content (AvgIpc) is 2.91. The van der Waals surface area contributed by atoms with Crippen molar-refractivity contribution in [1.82, 2.24) is 9.55 Å². The highest BCUT2D eigenvalue weighted by molar-refractivity contribution is 6.50. The summed E-state index contributed by atoms with van der Waals surface area (Å²) in [6.07, 6.45) is 0. The zero-order valence-electron chi connectivity index (χ0n) is 10.9. The molecule has 0 spiro atoms. The molecule has 1 heterocycles. The number of hydrogen-bond donors (Lipinski definition) is 0. The zero-order valence-corrected chi connectivity index (χ0v) is 12.4. The molecule has 3 rings (SSSR count). The lowest BCUT2D eigenvalue weighted by Crippen LogP contribution is -1.95. The van der Waals surface area contributed by atoms with E-state index in [1.54, 1.807) is 4.57 Å². The Morgan fingerprint density at radius 2 is 1.71 bits per heavy atom. The molecule has 102 valence electrons. The van der Waals surface area contributed by atoms with E-state index >= 15 is 0 Å². The van der Waals surface area contributed by atoms with Gasteiger partial charge in [0.2, 0.25) is 0 Å². The normalized spacial score (nSPS) is 11.2. The molecule has 1 aromatic heterocycles. The summed E-state index contributed by atoms with van der Waals surface area (Å²) in [6.45, 7) is 0. The third kappa shape index (κ3) is 2.80. The van der Waals surface area contributed by atoms with Crippen LogP contribution in [0.4, 0.5) is 0 Å². The number of benzene rings is 2. The Kier molecular flexibility index (Phi) is 3.96. The fourth-order valence-electron chi connectivity index (χ4n) is 2.02. The van der Waals surface area contributed by atoms with Crippen molar-refractivity contribution in [2.45, 2.75) is 0 Å². The van der Waals surface area contributed by atoms with Gasteiger partial charge in [-0.3, -0.25) is 4.57 Å². The van der Waals surface area contributed by atoms with Crippen LogP contribution in [0, 0.1) is 11.8 Å². The molecule has 0 unspecified atom stereocenters. The van der Waals surface area contributed by atoms with Gasteiger partial charge in [-0.1, -0.05) is 59.5 Å². The highest BCUT2D eigenvalue weighted by Gasteiger charge is 2.10. The Labute approximate surface area is 132 Å². The van der Waals surface area contributed by atoms with E-state index in [4.69, 9.17) is 23.2 Å². The summed E-state index contributed by atoms with van der Waals surface area (Å²) in [4.78, 5) is 4.50. The van der Waals surface area contributed by atoms with Crippen LogP contribution in [0.25, 0.3) is 16.2 Å². The topological polar surface area (TPSA) is 17.8 Å². The van der Waals surface area contributed by atoms with Crippen molar-refractivity contribution in [3.63, 3.8) is 0 Å². The molecule has 0 saturated carbocycles. The molecule has 3 aromatic rings. The second kappa shape index (κ2) is 6.05. The van der Waals surface area contributed by atoms with Gasteiger partial charge in [-0.15, -0.1) is 0 Å². The third-order valence-corrected chi connectivity index (χ3v) is 3.55. The molecular weight excluding hydrogens is 303 g/mol. The first kappa shape index (κ1) is 13.8. The van der Waals surface area contributed by atoms with Crippen molar-refractivity contribution in [3.8, 4) is 11.8 Å². The summed E-state index contributed by atoms with van der Waals surface area (Å²) in [6, 6.07) is 17.4. The number of para-hydroxylation sites is 2. The molecule has 0 amide bonds. The monoisotopic (exact) mass is 312 g/mol. The lowest BCUT2D eigenvalue weighted by molar-refractivity contribution is 1.12. The fourth-order valence-corrected chi connectivity index (χ4v) is 2.29. The molecule has 0 bridgehead atoms. The lowest BCUT2D eigenvalue weighted by atomic mass is 10.2. The third-order valence-electron chi connectivity index (χ3n) is 2.96. The maximum atomic E-state index is 6.18. The van der Waals surface area contributed by atoms with Crippen LogP contribution < -0.4 is 0 Å². The van der Waals surface area contributed by atoms with E-state index < -0.39 is 0 Å². The molecule has 0 N–H and O–H groups in total. The standard InChI is InChI=1S/C17H10Cl2N2/c18-12-16(19)21-15-9-5-4-8-14(15)20-17(21)11-10-13-6-2-1-3-7-13/h1-9,12H/b16-12-. The predicted octanol–water partition coefficient (Wildman–Crippen LogP) is 4.67. The Balaban J connectivity index is 2.17. The molecule has 4 heteroatoms. The van der Waals surface area contributed by atoms with Gasteiger partial charge >= 0.3 is 0 Å². The van der Waals surface area contributed by atoms with Crippen molar-refractivity contribution in [3.05, 3.63) is 71.5 Å². The molecule has 0 saturated heterocycles. The maximum absolute atomic E-state index is 6.18. The minimum atomic E-state index is 0.364. The molecular formula is C17H10Cl2N2. The first-order valence-corrected chi connectivity index (χ1v) is 7.12. The number of nitrogens with zero attached hydrogens (tertiary/aromatic N) is 2. The second-order valence-corrected chi connectivity index (χ2v) is 4.91. The molecule has 2 aromatic carbocycles. The fraction of sp³-hybridized carbons (Fsp3) is 0. The van der Waals surface area contributed by atoms with Gasteiger partial charge in [0.25, 0.3) is 0 Å². The average molecular weight is 313 g/mol. The van der Waals surface area contributed by atoms with Gasteiger partial charge in [0.05, 0.1) is 11.0 Å². The number of imidazole rings is 1. The summed E-state index contributed by atoms with van der Waals surface area (Å²) in [5.74, 6) is 6.69. The van der Waals surface area contributed by atoms with E-state index in [0.717, 1.165) is 16.6 Å². The summed E-state index contributed by atoms with van der Waals surface area (Å²) in [5.41, 5.74) is 3.92. The molecule has 2 nitrogen and oxygen atoms in total. The Morgan fingerprint density at radius 3 is 2.48 bits per heavy atom. The van der Waals surface area contributed by atoms with Crippen LogP contribution in [0.1, 0.15) is 11.4 Å². The summed E-state index contributed by atoms with van der Waals surface area (Å²) >= 11 is 11.9. The van der Waals surface area contributed by atoms with Gasteiger partial charge in [-0.25, -0.2) is 4.98 Å². The van der Waals surface area contributed by atoms with Gasteiger partial charge in [0.1, 0.15) is 5.16 Å². The second-order valence-electron chi connectivity index (χ2n) is 4.31. The van der Waals surface area contributed by atoms with Crippen LogP contribution in [0.2, 0.25) is 0 Å². The SMILES string of the molecule is Cl/C=C(/Cl)n1c(C#Cc2ccccc2)nc2ccccc21. The van der Waals surface area contributed by atoms with Gasteiger partial charge in [0.15, 0.2) is 5.82 Å². The Morgan fingerprint density at radius 1 is 1.00 bits per heavy atom. The highest BCUT2D eigenvalue weighted by Crippen LogP contribution is 2.23. The van der Waals surface area contributed by atoms with Crippen molar-refractivity contribution in [1.29, 1.82) is 0 Å². The predicted molar refractivity (Wildman–Crippen MR) is 88.1 cm³/mol. The summed E-state index contributed by atoms with van der Waals surface area (Å²) < 4.78 is 1.74. The molecule has 0 atom stereocenters. The van der Waals surface area contributed by atoms with Crippen LogP contribution in [0.3, 0.4) is 0 Å². The minimum absolute atomic E-state index is 0.364. The number of fused-ring (bicyclic) bond motifs is 1. The zero-order chi connectivity index (χ0) is 14.7. The smallest absolute Gasteiger partial charge is 0.192 e. The number of aromatic nitrogens is 2. The van der Waals surface area contributed by atoms with Crippen LogP contribution in [-0.2, 0) is 0 Å². The Bertz CT molecular complexity index is 868. The van der Waals surface area contributed by atoms with Crippen LogP contribution in [0.5, 0.6) is 0 Å². The van der Waals surface area contributed by atoms with Gasteiger partial charge in [0, 0.05) is 11.1 Å². The summed E-state index contributed by atoms with van der Waals surface area (Å²) in [7, 11) is 0. The van der Waals surface area contributed by atoms with Gasteiger partial charge in [-0.2, -0.15) is 0 Å². The van der Waals surface area contributed by atoms with Crippen molar-refractivity contribution < 1.29 is 0 Å². The van der Waals surface area contributed by atoms with E-state index in [1.165, 1.54) is 5.54 Å². The van der Waals surface area contributed by atoms with Gasteiger partial charge < -0.3 is 0 Å². The van der Waals surface area contributed by atoms with Crippen LogP contribution in [-0.4, -0.2) is 9.55 Å². The van der Waals surface area contributed by atoms with E-state index in [2.05, 4.69) is 16.8 Å². The number of hydrogen-bond acceptors (Lipinski definition) is 1. The lowest BCUT2D eigenvalue weighted by Gasteiger charge is -2.02. The first-order chi connectivity index (χ1) is 10.3. The molecule has 0 radical (unpaired) electrons. The van der Waals surface area contributed by atoms with Crippen molar-refractivity contribution in [2.75, 3.05) is 0 Å². The number of halogens is 2. The Hall–Kier alpha value is -2.21. The molecule has 0 fully saturated rings. The van der Waals surface area contributed by atoms with E-state index in [9.17, 15) is 0 Å². The van der Waals surface area contributed by atoms with E-state index in [-0.39, 0.29) is 0 Å². The van der Waals surface area contributed by atoms with E-state index in [0.29, 0.717) is 11.0 Å². The highest BCUT2D eigenvalue weighted by atomic mass is 35.5. The molecule has 0 aliphatic carbocycles. The number of rotatable bonds is 1. The molecule has 21 heavy (non-hydrogen) atoms. The quantitative estimate of drug-likeness (QED) is 0.597. The van der Waals surface area contributed by atoms with Crippen molar-refractivity contribution in [2.24, 2.45) is 0 Å².